The van der Waals surface area contributed by atoms with Crippen molar-refractivity contribution in [1.82, 2.24) is 10.1 Å². The molecule has 0 saturated carbocycles. The number of aromatic nitrogens is 2. The molecule has 0 fully saturated rings. The number of benzene rings is 3. The zero-order valence-corrected chi connectivity index (χ0v) is 15.5. The van der Waals surface area contributed by atoms with E-state index in [2.05, 4.69) is 10.1 Å². The van der Waals surface area contributed by atoms with Crippen LogP contribution in [0, 0.1) is 6.92 Å². The molecule has 0 atom stereocenters. The SMILES string of the molecule is Cc1ccc(-c2noc(-c3ccccc3N3C(=O)c4ccccc4C3=O)n2)cc1. The van der Waals surface area contributed by atoms with Crippen LogP contribution in [0.1, 0.15) is 26.3 Å². The van der Waals surface area contributed by atoms with Crippen LogP contribution in [0.2, 0.25) is 0 Å². The molecule has 0 N–H and O–H groups in total. The number of hydrogen-bond donors (Lipinski definition) is 0. The average Bonchev–Trinajstić information content (AvgIpc) is 3.33. The van der Waals surface area contributed by atoms with Gasteiger partial charge in [0.15, 0.2) is 0 Å². The Hall–Kier alpha value is -4.06. The summed E-state index contributed by atoms with van der Waals surface area (Å²) < 4.78 is 5.47. The van der Waals surface area contributed by atoms with Gasteiger partial charge in [0.05, 0.1) is 22.4 Å². The summed E-state index contributed by atoms with van der Waals surface area (Å²) in [5.41, 5.74) is 3.67. The Labute approximate surface area is 166 Å². The van der Waals surface area contributed by atoms with Crippen LogP contribution in [0.4, 0.5) is 5.69 Å². The molecule has 1 aromatic heterocycles. The number of imide groups is 1. The van der Waals surface area contributed by atoms with E-state index in [1.165, 1.54) is 0 Å². The van der Waals surface area contributed by atoms with Gasteiger partial charge < -0.3 is 4.52 Å². The first-order valence-electron chi connectivity index (χ1n) is 9.11. The van der Waals surface area contributed by atoms with Crippen LogP contribution in [0.15, 0.2) is 77.3 Å². The number of hydrogen-bond acceptors (Lipinski definition) is 5. The number of aryl methyl sites for hydroxylation is 1. The highest BCUT2D eigenvalue weighted by molar-refractivity contribution is 6.35. The largest absolute Gasteiger partial charge is 0.334 e. The minimum atomic E-state index is -0.365. The summed E-state index contributed by atoms with van der Waals surface area (Å²) in [4.78, 5) is 31.4. The lowest BCUT2D eigenvalue weighted by Crippen LogP contribution is -2.29. The Balaban J connectivity index is 1.57. The van der Waals surface area contributed by atoms with Gasteiger partial charge in [-0.2, -0.15) is 4.98 Å². The van der Waals surface area contributed by atoms with E-state index in [0.717, 1.165) is 16.0 Å². The number of anilines is 1. The molecule has 3 aromatic carbocycles. The Morgan fingerprint density at radius 2 is 1.34 bits per heavy atom. The van der Waals surface area contributed by atoms with Gasteiger partial charge in [-0.1, -0.05) is 59.3 Å². The minimum Gasteiger partial charge on any atom is -0.334 e. The molecule has 1 aliphatic heterocycles. The number of carbonyl (C=O) groups excluding carboxylic acids is 2. The molecule has 5 rings (SSSR count). The number of para-hydroxylation sites is 1. The van der Waals surface area contributed by atoms with Crippen LogP contribution in [-0.4, -0.2) is 22.0 Å². The van der Waals surface area contributed by atoms with Crippen molar-refractivity contribution in [3.05, 3.63) is 89.5 Å². The third kappa shape index (κ3) is 2.73. The Kier molecular flexibility index (Phi) is 3.84. The minimum absolute atomic E-state index is 0.243. The maximum atomic E-state index is 12.9. The fourth-order valence-corrected chi connectivity index (χ4v) is 3.41. The van der Waals surface area contributed by atoms with Crippen molar-refractivity contribution in [3.63, 3.8) is 0 Å². The molecule has 6 nitrogen and oxygen atoms in total. The predicted octanol–water partition coefficient (Wildman–Crippen LogP) is 4.51. The van der Waals surface area contributed by atoms with Crippen molar-refractivity contribution in [2.45, 2.75) is 6.92 Å². The number of fused-ring (bicyclic) bond motifs is 1. The lowest BCUT2D eigenvalue weighted by atomic mass is 10.1. The molecule has 2 heterocycles. The standard InChI is InChI=1S/C23H15N3O3/c1-14-10-12-15(13-11-14)20-24-21(29-25-20)18-8-4-5-9-19(18)26-22(27)16-6-2-3-7-17(16)23(26)28/h2-13H,1H3. The van der Waals surface area contributed by atoms with E-state index < -0.39 is 0 Å². The van der Waals surface area contributed by atoms with Crippen molar-refractivity contribution in [3.8, 4) is 22.8 Å². The molecular formula is C23H15N3O3. The van der Waals surface area contributed by atoms with Crippen LogP contribution in [0.5, 0.6) is 0 Å². The zero-order chi connectivity index (χ0) is 20.0. The molecule has 0 saturated heterocycles. The first kappa shape index (κ1) is 17.1. The summed E-state index contributed by atoms with van der Waals surface area (Å²) in [6, 6.07) is 21.6. The number of nitrogens with zero attached hydrogens (tertiary/aromatic N) is 3. The first-order chi connectivity index (χ1) is 14.1. The molecule has 29 heavy (non-hydrogen) atoms. The average molecular weight is 381 g/mol. The fourth-order valence-electron chi connectivity index (χ4n) is 3.41. The van der Waals surface area contributed by atoms with Gasteiger partial charge in [0, 0.05) is 5.56 Å². The molecule has 2 amide bonds. The van der Waals surface area contributed by atoms with E-state index in [-0.39, 0.29) is 17.7 Å². The zero-order valence-electron chi connectivity index (χ0n) is 15.5. The van der Waals surface area contributed by atoms with Gasteiger partial charge in [0.2, 0.25) is 5.82 Å². The first-order valence-corrected chi connectivity index (χ1v) is 9.11. The van der Waals surface area contributed by atoms with Crippen LogP contribution in [-0.2, 0) is 0 Å². The van der Waals surface area contributed by atoms with Crippen molar-refractivity contribution < 1.29 is 14.1 Å². The summed E-state index contributed by atoms with van der Waals surface area (Å²) in [6.45, 7) is 2.00. The highest BCUT2D eigenvalue weighted by Crippen LogP contribution is 2.35. The Morgan fingerprint density at radius 3 is 2.00 bits per heavy atom. The van der Waals surface area contributed by atoms with Gasteiger partial charge in [0.1, 0.15) is 0 Å². The summed E-state index contributed by atoms with van der Waals surface area (Å²) in [5.74, 6) is -0.0439. The van der Waals surface area contributed by atoms with E-state index in [9.17, 15) is 9.59 Å². The highest BCUT2D eigenvalue weighted by atomic mass is 16.5. The van der Waals surface area contributed by atoms with Crippen LogP contribution >= 0.6 is 0 Å². The van der Waals surface area contributed by atoms with Crippen molar-refractivity contribution in [1.29, 1.82) is 0 Å². The van der Waals surface area contributed by atoms with Gasteiger partial charge in [-0.25, -0.2) is 4.90 Å². The molecule has 0 aliphatic carbocycles. The predicted molar refractivity (Wildman–Crippen MR) is 107 cm³/mol. The van der Waals surface area contributed by atoms with E-state index in [1.807, 2.05) is 31.2 Å². The molecule has 4 aromatic rings. The fraction of sp³-hybridized carbons (Fsp3) is 0.0435. The van der Waals surface area contributed by atoms with Gasteiger partial charge in [-0.05, 0) is 31.2 Å². The second kappa shape index (κ2) is 6.53. The molecule has 0 spiro atoms. The molecule has 0 radical (unpaired) electrons. The molecule has 0 bridgehead atoms. The topological polar surface area (TPSA) is 76.3 Å². The third-order valence-corrected chi connectivity index (χ3v) is 4.91. The Bertz CT molecular complexity index is 1220. The van der Waals surface area contributed by atoms with Crippen LogP contribution in [0.25, 0.3) is 22.8 Å². The van der Waals surface area contributed by atoms with Gasteiger partial charge in [-0.15, -0.1) is 0 Å². The van der Waals surface area contributed by atoms with Gasteiger partial charge >= 0.3 is 0 Å². The smallest absolute Gasteiger partial charge is 0.266 e. The van der Waals surface area contributed by atoms with Crippen LogP contribution < -0.4 is 4.90 Å². The molecule has 140 valence electrons. The van der Waals surface area contributed by atoms with Crippen molar-refractivity contribution in [2.75, 3.05) is 4.90 Å². The maximum Gasteiger partial charge on any atom is 0.266 e. The lowest BCUT2D eigenvalue weighted by molar-refractivity contribution is 0.0926. The maximum absolute atomic E-state index is 12.9. The van der Waals surface area contributed by atoms with Gasteiger partial charge in [0.25, 0.3) is 17.7 Å². The highest BCUT2D eigenvalue weighted by Gasteiger charge is 2.37. The van der Waals surface area contributed by atoms with Gasteiger partial charge in [-0.3, -0.25) is 9.59 Å². The number of carbonyl (C=O) groups is 2. The molecular weight excluding hydrogens is 366 g/mol. The molecule has 1 aliphatic rings. The second-order valence-corrected chi connectivity index (χ2v) is 6.80. The van der Waals surface area contributed by atoms with Crippen LogP contribution in [0.3, 0.4) is 0 Å². The molecule has 0 unspecified atom stereocenters. The summed E-state index contributed by atoms with van der Waals surface area (Å²) in [6.07, 6.45) is 0. The number of amides is 2. The number of rotatable bonds is 3. The van der Waals surface area contributed by atoms with Crippen molar-refractivity contribution >= 4 is 17.5 Å². The normalized spacial score (nSPS) is 13.1. The van der Waals surface area contributed by atoms with E-state index in [4.69, 9.17) is 4.52 Å². The second-order valence-electron chi connectivity index (χ2n) is 6.80. The summed E-state index contributed by atoms with van der Waals surface area (Å²) >= 11 is 0. The third-order valence-electron chi connectivity index (χ3n) is 4.91. The van der Waals surface area contributed by atoms with E-state index in [1.54, 1.807) is 48.5 Å². The Morgan fingerprint density at radius 1 is 0.759 bits per heavy atom. The van der Waals surface area contributed by atoms with Crippen molar-refractivity contribution in [2.24, 2.45) is 0 Å². The summed E-state index contributed by atoms with van der Waals surface area (Å²) in [5, 5.41) is 4.06. The lowest BCUT2D eigenvalue weighted by Gasteiger charge is -2.16. The monoisotopic (exact) mass is 381 g/mol. The van der Waals surface area contributed by atoms with E-state index >= 15 is 0 Å². The van der Waals surface area contributed by atoms with E-state index in [0.29, 0.717) is 28.2 Å². The molecule has 6 heteroatoms. The quantitative estimate of drug-likeness (QED) is 0.488. The summed E-state index contributed by atoms with van der Waals surface area (Å²) in [7, 11) is 0.